The molecule has 0 aliphatic carbocycles. The highest BCUT2D eigenvalue weighted by molar-refractivity contribution is 9.11. The van der Waals surface area contributed by atoms with Crippen molar-refractivity contribution in [3.63, 3.8) is 0 Å². The van der Waals surface area contributed by atoms with Crippen molar-refractivity contribution in [1.82, 2.24) is 5.48 Å². The van der Waals surface area contributed by atoms with Gasteiger partial charge in [0.25, 0.3) is 0 Å². The van der Waals surface area contributed by atoms with Gasteiger partial charge in [-0.15, -0.1) is 0 Å². The average molecular weight is 150 g/mol. The summed E-state index contributed by atoms with van der Waals surface area (Å²) in [6.45, 7) is 0.806. The van der Waals surface area contributed by atoms with Gasteiger partial charge in [-0.05, 0) is 22.0 Å². The quantitative estimate of drug-likeness (QED) is 0.550. The van der Waals surface area contributed by atoms with Gasteiger partial charge in [-0.3, -0.25) is 0 Å². The summed E-state index contributed by atoms with van der Waals surface area (Å²) < 4.78 is 0.780. The molecule has 1 rings (SSSR count). The summed E-state index contributed by atoms with van der Waals surface area (Å²) >= 11 is 3.11. The summed E-state index contributed by atoms with van der Waals surface area (Å²) in [4.78, 5) is 4.68. The van der Waals surface area contributed by atoms with Crippen molar-refractivity contribution in [2.75, 3.05) is 6.54 Å². The van der Waals surface area contributed by atoms with Crippen molar-refractivity contribution in [2.45, 2.75) is 0 Å². The average Bonchev–Trinajstić information content (AvgIpc) is 1.86. The summed E-state index contributed by atoms with van der Waals surface area (Å²) in [5, 5.41) is 0. The second-order valence-electron chi connectivity index (χ2n) is 0.959. The van der Waals surface area contributed by atoms with Crippen LogP contribution in [0.2, 0.25) is 0 Å². The van der Waals surface area contributed by atoms with Crippen molar-refractivity contribution in [3.05, 3.63) is 10.7 Å². The largest absolute Gasteiger partial charge is 0.401 e. The fourth-order valence-electron chi connectivity index (χ4n) is 0.274. The van der Waals surface area contributed by atoms with Crippen molar-refractivity contribution < 1.29 is 4.84 Å². The van der Waals surface area contributed by atoms with Crippen LogP contribution in [0.25, 0.3) is 0 Å². The van der Waals surface area contributed by atoms with Crippen molar-refractivity contribution >= 4 is 15.9 Å². The molecule has 0 spiro atoms. The van der Waals surface area contributed by atoms with Gasteiger partial charge in [-0.2, -0.15) is 5.48 Å². The molecule has 1 N–H and O–H groups in total. The maximum Gasteiger partial charge on any atom is 0.186 e. The van der Waals surface area contributed by atoms with E-state index < -0.39 is 0 Å². The predicted molar refractivity (Wildman–Crippen MR) is 26.1 cm³/mol. The molecule has 0 amide bonds. The predicted octanol–water partition coefficient (Wildman–Crippen LogP) is 0.757. The van der Waals surface area contributed by atoms with Crippen LogP contribution in [0.15, 0.2) is 10.7 Å². The third-order valence-electron chi connectivity index (χ3n) is 0.516. The Kier molecular flexibility index (Phi) is 1.12. The molecular weight excluding hydrogens is 146 g/mol. The molecule has 0 aromatic heterocycles. The Morgan fingerprint density at radius 2 is 2.83 bits per heavy atom. The minimum absolute atomic E-state index is 0.780. The monoisotopic (exact) mass is 149 g/mol. The Morgan fingerprint density at radius 3 is 3.00 bits per heavy atom. The molecule has 0 atom stereocenters. The van der Waals surface area contributed by atoms with E-state index >= 15 is 0 Å². The summed E-state index contributed by atoms with van der Waals surface area (Å²) in [5.41, 5.74) is 2.63. The summed E-state index contributed by atoms with van der Waals surface area (Å²) in [6.07, 6.45) is 1.90. The highest BCUT2D eigenvalue weighted by atomic mass is 79.9. The molecule has 6 heavy (non-hydrogen) atoms. The van der Waals surface area contributed by atoms with E-state index in [9.17, 15) is 0 Å². The van der Waals surface area contributed by atoms with Crippen LogP contribution in [0.5, 0.6) is 0 Å². The zero-order chi connectivity index (χ0) is 4.41. The van der Waals surface area contributed by atoms with Crippen LogP contribution in [0.3, 0.4) is 0 Å². The van der Waals surface area contributed by atoms with E-state index in [1.165, 1.54) is 0 Å². The number of hydrogen-bond acceptors (Lipinski definition) is 2. The third-order valence-corrected chi connectivity index (χ3v) is 1.00. The maximum absolute atomic E-state index is 4.68. The Morgan fingerprint density at radius 1 is 2.00 bits per heavy atom. The second-order valence-corrected chi connectivity index (χ2v) is 1.74. The fourth-order valence-corrected chi connectivity index (χ4v) is 0.551. The fraction of sp³-hybridized carbons (Fsp3) is 0.333. The zero-order valence-corrected chi connectivity index (χ0v) is 4.66. The number of halogens is 1. The number of rotatable bonds is 0. The molecule has 0 saturated carbocycles. The minimum atomic E-state index is 0.780. The van der Waals surface area contributed by atoms with Crippen molar-refractivity contribution in [2.24, 2.45) is 0 Å². The van der Waals surface area contributed by atoms with Crippen molar-refractivity contribution in [1.29, 1.82) is 0 Å². The minimum Gasteiger partial charge on any atom is -0.401 e. The summed E-state index contributed by atoms with van der Waals surface area (Å²) in [5.74, 6) is 0. The molecule has 0 saturated heterocycles. The lowest BCUT2D eigenvalue weighted by molar-refractivity contribution is 0.162. The molecule has 1 heterocycles. The number of hydroxylamine groups is 1. The molecule has 1 aliphatic heterocycles. The smallest absolute Gasteiger partial charge is 0.186 e. The van der Waals surface area contributed by atoms with Gasteiger partial charge in [0.2, 0.25) is 0 Å². The molecule has 0 aromatic carbocycles. The Hall–Kier alpha value is -0.0200. The van der Waals surface area contributed by atoms with Crippen LogP contribution < -0.4 is 5.48 Å². The van der Waals surface area contributed by atoms with Gasteiger partial charge in [0.15, 0.2) is 4.67 Å². The first-order chi connectivity index (χ1) is 2.89. The number of nitrogens with one attached hydrogen (secondary N) is 1. The summed E-state index contributed by atoms with van der Waals surface area (Å²) in [6, 6.07) is 0. The second kappa shape index (κ2) is 1.62. The lowest BCUT2D eigenvalue weighted by Gasteiger charge is -1.88. The van der Waals surface area contributed by atoms with Crippen molar-refractivity contribution in [3.8, 4) is 0 Å². The number of hydrogen-bond donors (Lipinski definition) is 1. The van der Waals surface area contributed by atoms with E-state index in [1.54, 1.807) is 0 Å². The van der Waals surface area contributed by atoms with Gasteiger partial charge >= 0.3 is 0 Å². The topological polar surface area (TPSA) is 21.3 Å². The lowest BCUT2D eigenvalue weighted by Crippen LogP contribution is -2.03. The van der Waals surface area contributed by atoms with E-state index in [-0.39, 0.29) is 0 Å². The van der Waals surface area contributed by atoms with Gasteiger partial charge in [0, 0.05) is 0 Å². The third kappa shape index (κ3) is 0.725. The van der Waals surface area contributed by atoms with Crippen LogP contribution in [-0.2, 0) is 4.84 Å². The first-order valence-corrected chi connectivity index (χ1v) is 2.44. The molecule has 1 aliphatic rings. The van der Waals surface area contributed by atoms with Gasteiger partial charge < -0.3 is 4.84 Å². The molecule has 0 fully saturated rings. The first-order valence-electron chi connectivity index (χ1n) is 1.65. The van der Waals surface area contributed by atoms with Crippen LogP contribution in [0.4, 0.5) is 0 Å². The molecule has 0 aromatic rings. The molecule has 0 radical (unpaired) electrons. The molecule has 2 nitrogen and oxygen atoms in total. The lowest BCUT2D eigenvalue weighted by atomic mass is 10.7. The molecular formula is C3H4BrNO. The van der Waals surface area contributed by atoms with Crippen LogP contribution in [-0.4, -0.2) is 6.54 Å². The normalized spacial score (nSPS) is 19.8. The Balaban J connectivity index is 2.45. The van der Waals surface area contributed by atoms with Gasteiger partial charge in [-0.25, -0.2) is 0 Å². The SMILES string of the molecule is BrC1=CCNO1. The molecule has 34 valence electrons. The first kappa shape index (κ1) is 4.15. The van der Waals surface area contributed by atoms with E-state index in [2.05, 4.69) is 26.2 Å². The van der Waals surface area contributed by atoms with Gasteiger partial charge in [0.05, 0.1) is 6.54 Å². The van der Waals surface area contributed by atoms with E-state index in [0.29, 0.717) is 0 Å². The Bertz CT molecular complexity index is 80.9. The zero-order valence-electron chi connectivity index (χ0n) is 3.07. The van der Waals surface area contributed by atoms with Crippen LogP contribution in [0.1, 0.15) is 0 Å². The van der Waals surface area contributed by atoms with Crippen LogP contribution in [0, 0.1) is 0 Å². The Labute approximate surface area is 44.3 Å². The summed E-state index contributed by atoms with van der Waals surface area (Å²) in [7, 11) is 0. The maximum atomic E-state index is 4.68. The highest BCUT2D eigenvalue weighted by Crippen LogP contribution is 2.06. The molecule has 0 unspecified atom stereocenters. The van der Waals surface area contributed by atoms with Gasteiger partial charge in [-0.1, -0.05) is 0 Å². The molecule has 0 bridgehead atoms. The molecule has 3 heteroatoms. The highest BCUT2D eigenvalue weighted by Gasteiger charge is 1.96. The van der Waals surface area contributed by atoms with E-state index in [1.807, 2.05) is 6.08 Å². The standard InChI is InChI=1S/C3H4BrNO/c4-3-1-2-5-6-3/h1,5H,2H2. The van der Waals surface area contributed by atoms with Gasteiger partial charge in [0.1, 0.15) is 0 Å². The van der Waals surface area contributed by atoms with E-state index in [4.69, 9.17) is 0 Å². The van der Waals surface area contributed by atoms with E-state index in [0.717, 1.165) is 11.2 Å². The van der Waals surface area contributed by atoms with Crippen LogP contribution >= 0.6 is 15.9 Å².